The smallest absolute Gasteiger partial charge is 0.187 e. The second-order valence-corrected chi connectivity index (χ2v) is 5.81. The summed E-state index contributed by atoms with van der Waals surface area (Å²) in [5.74, 6) is -1.22. The summed E-state index contributed by atoms with van der Waals surface area (Å²) in [6, 6.07) is 2.90. The lowest BCUT2D eigenvalue weighted by atomic mass is 10.0. The fourth-order valence-corrected chi connectivity index (χ4v) is 2.63. The van der Waals surface area contributed by atoms with E-state index in [4.69, 9.17) is 5.73 Å². The lowest BCUT2D eigenvalue weighted by molar-refractivity contribution is 0.575. The Kier molecular flexibility index (Phi) is 6.99. The maximum absolute atomic E-state index is 13.2. The van der Waals surface area contributed by atoms with E-state index in [1.165, 1.54) is 23.9 Å². The lowest BCUT2D eigenvalue weighted by Crippen LogP contribution is -2.16. The van der Waals surface area contributed by atoms with Crippen molar-refractivity contribution >= 4 is 40.1 Å². The quantitative estimate of drug-likeness (QED) is 0.629. The molecule has 1 unspecified atom stereocenters. The number of benzene rings is 1. The molecular formula is C13H13BrClF2N3S. The summed E-state index contributed by atoms with van der Waals surface area (Å²) in [6.07, 6.45) is 3.78. The van der Waals surface area contributed by atoms with Crippen LogP contribution < -0.4 is 5.73 Å². The summed E-state index contributed by atoms with van der Waals surface area (Å²) in [5, 5.41) is 0.601. The van der Waals surface area contributed by atoms with Crippen LogP contribution in [0, 0.1) is 11.6 Å². The molecule has 21 heavy (non-hydrogen) atoms. The van der Waals surface area contributed by atoms with Crippen molar-refractivity contribution < 1.29 is 8.78 Å². The zero-order valence-corrected chi connectivity index (χ0v) is 14.2. The van der Waals surface area contributed by atoms with Gasteiger partial charge >= 0.3 is 0 Å². The first kappa shape index (κ1) is 18.3. The first-order valence-electron chi connectivity index (χ1n) is 5.76. The second kappa shape index (κ2) is 8.03. The highest BCUT2D eigenvalue weighted by molar-refractivity contribution is 9.10. The van der Waals surface area contributed by atoms with E-state index in [1.54, 1.807) is 6.20 Å². The highest BCUT2D eigenvalue weighted by atomic mass is 79.9. The van der Waals surface area contributed by atoms with Gasteiger partial charge in [-0.3, -0.25) is 0 Å². The summed E-state index contributed by atoms with van der Waals surface area (Å²) >= 11 is 4.74. The zero-order valence-electron chi connectivity index (χ0n) is 11.0. The number of nitrogens with two attached hydrogens (primary N) is 1. The normalized spacial score (nSPS) is 11.9. The average Bonchev–Trinajstić information content (AvgIpc) is 2.37. The number of hydrogen-bond acceptors (Lipinski definition) is 4. The van der Waals surface area contributed by atoms with Crippen molar-refractivity contribution in [3.05, 3.63) is 51.8 Å². The van der Waals surface area contributed by atoms with Crippen LogP contribution in [0.1, 0.15) is 17.3 Å². The molecule has 0 saturated heterocycles. The number of hydrogen-bond donors (Lipinski definition) is 1. The molecule has 0 aliphatic carbocycles. The molecule has 0 radical (unpaired) electrons. The highest BCUT2D eigenvalue weighted by Gasteiger charge is 2.15. The molecule has 1 aromatic heterocycles. The molecule has 2 rings (SSSR count). The van der Waals surface area contributed by atoms with Crippen LogP contribution in [-0.4, -0.2) is 16.2 Å². The minimum absolute atomic E-state index is 0. The predicted octanol–water partition coefficient (Wildman–Crippen LogP) is 3.90. The van der Waals surface area contributed by atoms with Gasteiger partial charge in [-0.2, -0.15) is 0 Å². The van der Waals surface area contributed by atoms with E-state index in [9.17, 15) is 8.78 Å². The van der Waals surface area contributed by atoms with Crippen LogP contribution in [-0.2, 0) is 6.42 Å². The largest absolute Gasteiger partial charge is 0.322 e. The molecule has 3 nitrogen and oxygen atoms in total. The summed E-state index contributed by atoms with van der Waals surface area (Å²) in [5.41, 5.74) is 7.19. The Hall–Kier alpha value is -0.760. The van der Waals surface area contributed by atoms with E-state index in [-0.39, 0.29) is 18.8 Å². The standard InChI is InChI=1S/C13H12BrF2N3S.ClH/c1-20-13-18-6-10(14)12(19-13)11(17)4-7-2-8(15)5-9(16)3-7;/h2-3,5-6,11H,4,17H2,1H3;1H. The summed E-state index contributed by atoms with van der Waals surface area (Å²) in [6.45, 7) is 0. The van der Waals surface area contributed by atoms with E-state index in [2.05, 4.69) is 25.9 Å². The molecule has 8 heteroatoms. The molecule has 0 aliphatic heterocycles. The number of thioether (sulfide) groups is 1. The van der Waals surface area contributed by atoms with Crippen LogP contribution in [0.4, 0.5) is 8.78 Å². The number of nitrogens with zero attached hydrogens (tertiary/aromatic N) is 2. The molecule has 1 aromatic carbocycles. The van der Waals surface area contributed by atoms with Crippen molar-refractivity contribution in [2.45, 2.75) is 17.6 Å². The molecule has 2 aromatic rings. The average molecular weight is 397 g/mol. The molecule has 0 spiro atoms. The van der Waals surface area contributed by atoms with Gasteiger partial charge < -0.3 is 5.73 Å². The van der Waals surface area contributed by atoms with Crippen LogP contribution >= 0.6 is 40.1 Å². The Labute approximate surface area is 140 Å². The lowest BCUT2D eigenvalue weighted by Gasteiger charge is -2.13. The van der Waals surface area contributed by atoms with E-state index in [0.29, 0.717) is 20.9 Å². The fraction of sp³-hybridized carbons (Fsp3) is 0.231. The summed E-state index contributed by atoms with van der Waals surface area (Å²) < 4.78 is 27.0. The molecular weight excluding hydrogens is 384 g/mol. The Bertz CT molecular complexity index is 610. The Morgan fingerprint density at radius 1 is 1.29 bits per heavy atom. The van der Waals surface area contributed by atoms with E-state index in [0.717, 1.165) is 6.07 Å². The van der Waals surface area contributed by atoms with Gasteiger partial charge in [0.15, 0.2) is 5.16 Å². The maximum atomic E-state index is 13.2. The molecule has 0 bridgehead atoms. The van der Waals surface area contributed by atoms with Gasteiger partial charge in [0, 0.05) is 12.3 Å². The van der Waals surface area contributed by atoms with Crippen LogP contribution in [0.25, 0.3) is 0 Å². The monoisotopic (exact) mass is 395 g/mol. The van der Waals surface area contributed by atoms with Gasteiger partial charge in [-0.05, 0) is 46.3 Å². The number of aromatic nitrogens is 2. The van der Waals surface area contributed by atoms with Crippen molar-refractivity contribution in [2.24, 2.45) is 5.73 Å². The summed E-state index contributed by atoms with van der Waals surface area (Å²) in [4.78, 5) is 8.43. The van der Waals surface area contributed by atoms with Crippen molar-refractivity contribution in [3.63, 3.8) is 0 Å². The molecule has 0 saturated carbocycles. The van der Waals surface area contributed by atoms with Gasteiger partial charge in [-0.25, -0.2) is 18.7 Å². The fourth-order valence-electron chi connectivity index (χ4n) is 1.80. The predicted molar refractivity (Wildman–Crippen MR) is 85.8 cm³/mol. The van der Waals surface area contributed by atoms with Gasteiger partial charge in [0.25, 0.3) is 0 Å². The van der Waals surface area contributed by atoms with Crippen LogP contribution in [0.15, 0.2) is 34.0 Å². The number of rotatable bonds is 4. The summed E-state index contributed by atoms with van der Waals surface area (Å²) in [7, 11) is 0. The second-order valence-electron chi connectivity index (χ2n) is 4.18. The number of halogens is 4. The van der Waals surface area contributed by atoms with Crippen molar-refractivity contribution in [3.8, 4) is 0 Å². The molecule has 1 atom stereocenters. The van der Waals surface area contributed by atoms with Gasteiger partial charge in [0.1, 0.15) is 11.6 Å². The molecule has 1 heterocycles. The highest BCUT2D eigenvalue weighted by Crippen LogP contribution is 2.24. The third-order valence-electron chi connectivity index (χ3n) is 2.66. The SMILES string of the molecule is CSc1ncc(Br)c(C(N)Cc2cc(F)cc(F)c2)n1.Cl. The molecule has 0 aliphatic rings. The van der Waals surface area contributed by atoms with E-state index < -0.39 is 17.7 Å². The Balaban J connectivity index is 0.00000220. The van der Waals surface area contributed by atoms with Crippen LogP contribution in [0.5, 0.6) is 0 Å². The van der Waals surface area contributed by atoms with Crippen molar-refractivity contribution in [1.29, 1.82) is 0 Å². The van der Waals surface area contributed by atoms with Crippen LogP contribution in [0.3, 0.4) is 0 Å². The first-order chi connectivity index (χ1) is 9.49. The Morgan fingerprint density at radius 3 is 2.48 bits per heavy atom. The van der Waals surface area contributed by atoms with Crippen molar-refractivity contribution in [1.82, 2.24) is 9.97 Å². The molecule has 114 valence electrons. The zero-order chi connectivity index (χ0) is 14.7. The molecule has 2 N–H and O–H groups in total. The minimum Gasteiger partial charge on any atom is -0.322 e. The van der Waals surface area contributed by atoms with E-state index >= 15 is 0 Å². The molecule has 0 amide bonds. The van der Waals surface area contributed by atoms with Crippen molar-refractivity contribution in [2.75, 3.05) is 6.26 Å². The first-order valence-corrected chi connectivity index (χ1v) is 7.78. The molecule has 0 fully saturated rings. The Morgan fingerprint density at radius 2 is 1.90 bits per heavy atom. The van der Waals surface area contributed by atoms with Gasteiger partial charge in [-0.15, -0.1) is 12.4 Å². The van der Waals surface area contributed by atoms with E-state index in [1.807, 2.05) is 6.26 Å². The minimum atomic E-state index is -0.612. The third kappa shape index (κ3) is 4.88. The van der Waals surface area contributed by atoms with Gasteiger partial charge in [-0.1, -0.05) is 11.8 Å². The van der Waals surface area contributed by atoms with Gasteiger partial charge in [0.2, 0.25) is 0 Å². The maximum Gasteiger partial charge on any atom is 0.187 e. The topological polar surface area (TPSA) is 51.8 Å². The van der Waals surface area contributed by atoms with Gasteiger partial charge in [0.05, 0.1) is 16.2 Å². The third-order valence-corrected chi connectivity index (χ3v) is 3.83. The van der Waals surface area contributed by atoms with Crippen LogP contribution in [0.2, 0.25) is 0 Å².